The molecule has 1 aromatic heterocycles. The van der Waals surface area contributed by atoms with Gasteiger partial charge < -0.3 is 9.69 Å². The molecule has 1 atom stereocenters. The van der Waals surface area contributed by atoms with Gasteiger partial charge in [0.2, 0.25) is 0 Å². The highest BCUT2D eigenvalue weighted by Crippen LogP contribution is 2.29. The van der Waals surface area contributed by atoms with Crippen molar-refractivity contribution in [3.8, 4) is 0 Å². The smallest absolute Gasteiger partial charge is 0.147 e. The molecule has 1 saturated heterocycles. The largest absolute Gasteiger partial charge is 0.355 e. The van der Waals surface area contributed by atoms with Crippen LogP contribution in [0.15, 0.2) is 16.7 Å². The number of hydrogen-bond donors (Lipinski definition) is 0. The average molecular weight is 304 g/mol. The van der Waals surface area contributed by atoms with Crippen LogP contribution in [0, 0.1) is 5.92 Å². The first-order chi connectivity index (χ1) is 7.70. The van der Waals surface area contributed by atoms with E-state index in [0.29, 0.717) is 5.02 Å². The number of aldehydes is 1. The Kier molecular flexibility index (Phi) is 3.82. The van der Waals surface area contributed by atoms with Crippen molar-refractivity contribution in [2.75, 3.05) is 18.0 Å². The molecule has 0 N–H and O–H groups in total. The molecular formula is C11H12BrClN2O. The molecule has 5 heteroatoms. The monoisotopic (exact) mass is 302 g/mol. The Morgan fingerprint density at radius 2 is 2.44 bits per heavy atom. The maximum atomic E-state index is 10.8. The van der Waals surface area contributed by atoms with Gasteiger partial charge in [0, 0.05) is 29.7 Å². The van der Waals surface area contributed by atoms with Gasteiger partial charge in [-0.15, -0.1) is 0 Å². The summed E-state index contributed by atoms with van der Waals surface area (Å²) >= 11 is 9.46. The van der Waals surface area contributed by atoms with Crippen LogP contribution in [0.25, 0.3) is 0 Å². The molecule has 1 unspecified atom stereocenters. The lowest BCUT2D eigenvalue weighted by molar-refractivity contribution is -0.111. The maximum absolute atomic E-state index is 10.8. The van der Waals surface area contributed by atoms with Crippen LogP contribution in [-0.4, -0.2) is 24.4 Å². The second kappa shape index (κ2) is 5.15. The summed E-state index contributed by atoms with van der Waals surface area (Å²) in [6.07, 6.45) is 4.73. The van der Waals surface area contributed by atoms with Crippen molar-refractivity contribution < 1.29 is 4.79 Å². The van der Waals surface area contributed by atoms with Crippen molar-refractivity contribution in [3.05, 3.63) is 21.8 Å². The molecule has 1 aliphatic rings. The molecule has 1 aromatic rings. The van der Waals surface area contributed by atoms with Gasteiger partial charge in [0.15, 0.2) is 0 Å². The van der Waals surface area contributed by atoms with Crippen LogP contribution in [0.5, 0.6) is 0 Å². The molecule has 0 amide bonds. The van der Waals surface area contributed by atoms with Gasteiger partial charge in [0.1, 0.15) is 12.1 Å². The van der Waals surface area contributed by atoms with Crippen molar-refractivity contribution in [2.24, 2.45) is 5.92 Å². The van der Waals surface area contributed by atoms with Gasteiger partial charge in [-0.2, -0.15) is 0 Å². The Bertz CT molecular complexity index is 400. The second-order valence-corrected chi connectivity index (χ2v) is 5.27. The Morgan fingerprint density at radius 3 is 3.12 bits per heavy atom. The number of piperidine rings is 1. The molecular weight excluding hydrogens is 291 g/mol. The first-order valence-electron chi connectivity index (χ1n) is 5.22. The van der Waals surface area contributed by atoms with Gasteiger partial charge in [-0.1, -0.05) is 11.6 Å². The topological polar surface area (TPSA) is 33.2 Å². The van der Waals surface area contributed by atoms with Crippen LogP contribution in [-0.2, 0) is 4.79 Å². The van der Waals surface area contributed by atoms with Crippen molar-refractivity contribution >= 4 is 39.6 Å². The van der Waals surface area contributed by atoms with E-state index in [4.69, 9.17) is 11.6 Å². The summed E-state index contributed by atoms with van der Waals surface area (Å²) < 4.78 is 0.866. The lowest BCUT2D eigenvalue weighted by Gasteiger charge is -2.31. The molecule has 16 heavy (non-hydrogen) atoms. The predicted molar refractivity (Wildman–Crippen MR) is 67.9 cm³/mol. The molecule has 0 bridgehead atoms. The number of carbonyl (C=O) groups excluding carboxylic acids is 1. The third kappa shape index (κ3) is 2.55. The first-order valence-corrected chi connectivity index (χ1v) is 6.39. The van der Waals surface area contributed by atoms with E-state index in [1.807, 2.05) is 6.07 Å². The number of anilines is 1. The van der Waals surface area contributed by atoms with Crippen molar-refractivity contribution in [1.82, 2.24) is 4.98 Å². The Morgan fingerprint density at radius 1 is 1.62 bits per heavy atom. The first kappa shape index (κ1) is 11.9. The molecule has 3 nitrogen and oxygen atoms in total. The quantitative estimate of drug-likeness (QED) is 0.788. The number of halogens is 2. The molecule has 1 fully saturated rings. The summed E-state index contributed by atoms with van der Waals surface area (Å²) in [6.45, 7) is 1.64. The van der Waals surface area contributed by atoms with Crippen LogP contribution >= 0.6 is 27.5 Å². The normalized spacial score (nSPS) is 20.9. The molecule has 1 aliphatic heterocycles. The van der Waals surface area contributed by atoms with Crippen LogP contribution in [0.2, 0.25) is 5.02 Å². The maximum Gasteiger partial charge on any atom is 0.147 e. The summed E-state index contributed by atoms with van der Waals surface area (Å²) in [5.41, 5.74) is 0. The van der Waals surface area contributed by atoms with Gasteiger partial charge >= 0.3 is 0 Å². The molecule has 0 aliphatic carbocycles. The molecule has 0 saturated carbocycles. The fraction of sp³-hybridized carbons (Fsp3) is 0.455. The molecule has 0 radical (unpaired) electrons. The molecule has 86 valence electrons. The highest BCUT2D eigenvalue weighted by molar-refractivity contribution is 9.10. The zero-order valence-corrected chi connectivity index (χ0v) is 11.0. The van der Waals surface area contributed by atoms with Crippen molar-refractivity contribution in [2.45, 2.75) is 12.8 Å². The van der Waals surface area contributed by atoms with Crippen molar-refractivity contribution in [3.63, 3.8) is 0 Å². The summed E-state index contributed by atoms with van der Waals surface area (Å²) in [6, 6.07) is 1.83. The van der Waals surface area contributed by atoms with Gasteiger partial charge in [-0.3, -0.25) is 0 Å². The Hall–Kier alpha value is -0.610. The van der Waals surface area contributed by atoms with E-state index in [1.165, 1.54) is 0 Å². The van der Waals surface area contributed by atoms with E-state index in [9.17, 15) is 4.79 Å². The zero-order valence-electron chi connectivity index (χ0n) is 8.70. The van der Waals surface area contributed by atoms with Crippen LogP contribution in [0.3, 0.4) is 0 Å². The Balaban J connectivity index is 2.19. The minimum absolute atomic E-state index is 0.107. The molecule has 2 rings (SSSR count). The number of rotatable bonds is 2. The van der Waals surface area contributed by atoms with Gasteiger partial charge in [-0.05, 0) is 34.8 Å². The van der Waals surface area contributed by atoms with E-state index in [-0.39, 0.29) is 5.92 Å². The number of hydrogen-bond acceptors (Lipinski definition) is 3. The summed E-state index contributed by atoms with van der Waals surface area (Å²) in [4.78, 5) is 17.2. The van der Waals surface area contributed by atoms with Gasteiger partial charge in [-0.25, -0.2) is 4.98 Å². The Labute approximate surface area is 108 Å². The third-order valence-corrected chi connectivity index (χ3v) is 3.45. The lowest BCUT2D eigenvalue weighted by atomic mass is 10.00. The zero-order chi connectivity index (χ0) is 11.5. The van der Waals surface area contributed by atoms with Gasteiger partial charge in [0.05, 0.1) is 5.02 Å². The minimum atomic E-state index is 0.107. The minimum Gasteiger partial charge on any atom is -0.355 e. The molecule has 2 heterocycles. The average Bonchev–Trinajstić information content (AvgIpc) is 2.29. The number of nitrogens with zero attached hydrogens (tertiary/aromatic N) is 2. The van der Waals surface area contributed by atoms with E-state index < -0.39 is 0 Å². The van der Waals surface area contributed by atoms with E-state index in [0.717, 1.165) is 42.5 Å². The van der Waals surface area contributed by atoms with Crippen LogP contribution < -0.4 is 4.90 Å². The second-order valence-electron chi connectivity index (χ2n) is 3.94. The number of pyridine rings is 1. The molecule has 0 spiro atoms. The van der Waals surface area contributed by atoms with E-state index >= 15 is 0 Å². The highest BCUT2D eigenvalue weighted by atomic mass is 79.9. The number of aromatic nitrogens is 1. The lowest BCUT2D eigenvalue weighted by Crippen LogP contribution is -2.36. The fourth-order valence-corrected chi connectivity index (χ4v) is 2.70. The summed E-state index contributed by atoms with van der Waals surface area (Å²) in [5, 5.41) is 0.626. The highest BCUT2D eigenvalue weighted by Gasteiger charge is 2.21. The fourth-order valence-electron chi connectivity index (χ4n) is 1.95. The SMILES string of the molecule is O=CC1CCCN(c2ncc(Br)cc2Cl)C1. The predicted octanol–water partition coefficient (Wildman–Crippen LogP) is 2.91. The molecule has 0 aromatic carbocycles. The van der Waals surface area contributed by atoms with Crippen LogP contribution in [0.4, 0.5) is 5.82 Å². The van der Waals surface area contributed by atoms with Gasteiger partial charge in [0.25, 0.3) is 0 Å². The standard InChI is InChI=1S/C11H12BrClN2O/c12-9-4-10(13)11(14-5-9)15-3-1-2-8(6-15)7-16/h4-5,7-8H,1-3,6H2. The summed E-state index contributed by atoms with van der Waals surface area (Å²) in [7, 11) is 0. The number of carbonyl (C=O) groups is 1. The summed E-state index contributed by atoms with van der Waals surface area (Å²) in [5.74, 6) is 0.881. The van der Waals surface area contributed by atoms with Crippen LogP contribution in [0.1, 0.15) is 12.8 Å². The van der Waals surface area contributed by atoms with E-state index in [1.54, 1.807) is 6.20 Å². The van der Waals surface area contributed by atoms with Crippen molar-refractivity contribution in [1.29, 1.82) is 0 Å². The van der Waals surface area contributed by atoms with E-state index in [2.05, 4.69) is 25.8 Å². The third-order valence-electron chi connectivity index (χ3n) is 2.74.